The summed E-state index contributed by atoms with van der Waals surface area (Å²) >= 11 is 1.66. The first-order valence-corrected chi connectivity index (χ1v) is 7.83. The van der Waals surface area contributed by atoms with Gasteiger partial charge in [-0.15, -0.1) is 11.3 Å². The first-order chi connectivity index (χ1) is 9.71. The van der Waals surface area contributed by atoms with Gasteiger partial charge in [0.1, 0.15) is 0 Å². The van der Waals surface area contributed by atoms with Gasteiger partial charge in [0.2, 0.25) is 5.91 Å². The van der Waals surface area contributed by atoms with E-state index in [0.29, 0.717) is 6.54 Å². The SMILES string of the molecule is Cc1csc(CCNC(=O)C2(c3ccccc3)CC2)n1. The minimum atomic E-state index is -0.264. The molecule has 20 heavy (non-hydrogen) atoms. The first kappa shape index (κ1) is 13.3. The zero-order valence-electron chi connectivity index (χ0n) is 11.6. The lowest BCUT2D eigenvalue weighted by Crippen LogP contribution is -2.35. The minimum Gasteiger partial charge on any atom is -0.355 e. The van der Waals surface area contributed by atoms with Crippen LogP contribution in [0.25, 0.3) is 0 Å². The van der Waals surface area contributed by atoms with Crippen molar-refractivity contribution in [1.82, 2.24) is 10.3 Å². The Morgan fingerprint density at radius 3 is 2.70 bits per heavy atom. The third-order valence-electron chi connectivity index (χ3n) is 3.80. The van der Waals surface area contributed by atoms with Crippen LogP contribution in [0.4, 0.5) is 0 Å². The number of carbonyl (C=O) groups is 1. The van der Waals surface area contributed by atoms with Crippen LogP contribution in [0.15, 0.2) is 35.7 Å². The van der Waals surface area contributed by atoms with Gasteiger partial charge in [-0.25, -0.2) is 4.98 Å². The molecule has 0 aliphatic heterocycles. The number of aryl methyl sites for hydroxylation is 1. The molecule has 0 unspecified atom stereocenters. The molecule has 2 aromatic rings. The molecule has 0 spiro atoms. The Morgan fingerprint density at radius 2 is 2.10 bits per heavy atom. The summed E-state index contributed by atoms with van der Waals surface area (Å²) in [5.74, 6) is 0.164. The van der Waals surface area contributed by atoms with Crippen LogP contribution in [0, 0.1) is 6.92 Å². The fourth-order valence-corrected chi connectivity index (χ4v) is 3.27. The Bertz CT molecular complexity index is 602. The fraction of sp³-hybridized carbons (Fsp3) is 0.375. The number of amides is 1. The molecule has 0 bridgehead atoms. The van der Waals surface area contributed by atoms with Gasteiger partial charge in [-0.2, -0.15) is 0 Å². The van der Waals surface area contributed by atoms with Crippen molar-refractivity contribution in [2.75, 3.05) is 6.54 Å². The highest BCUT2D eigenvalue weighted by atomic mass is 32.1. The molecule has 0 radical (unpaired) electrons. The molecule has 0 saturated heterocycles. The zero-order chi connectivity index (χ0) is 14.0. The van der Waals surface area contributed by atoms with E-state index in [4.69, 9.17) is 0 Å². The first-order valence-electron chi connectivity index (χ1n) is 6.95. The molecule has 1 aliphatic rings. The monoisotopic (exact) mass is 286 g/mol. The number of aromatic nitrogens is 1. The van der Waals surface area contributed by atoms with Crippen molar-refractivity contribution in [3.63, 3.8) is 0 Å². The van der Waals surface area contributed by atoms with Crippen LogP contribution >= 0.6 is 11.3 Å². The second kappa shape index (κ2) is 5.37. The molecular formula is C16H18N2OS. The van der Waals surface area contributed by atoms with Gasteiger partial charge < -0.3 is 5.32 Å². The Kier molecular flexibility index (Phi) is 3.57. The number of benzene rings is 1. The predicted molar refractivity (Wildman–Crippen MR) is 80.9 cm³/mol. The van der Waals surface area contributed by atoms with Crippen LogP contribution in [-0.2, 0) is 16.6 Å². The second-order valence-corrected chi connectivity index (χ2v) is 6.28. The Morgan fingerprint density at radius 1 is 1.35 bits per heavy atom. The lowest BCUT2D eigenvalue weighted by Gasteiger charge is -2.15. The van der Waals surface area contributed by atoms with Gasteiger partial charge >= 0.3 is 0 Å². The maximum atomic E-state index is 12.4. The molecule has 3 rings (SSSR count). The summed E-state index contributed by atoms with van der Waals surface area (Å²) in [7, 11) is 0. The zero-order valence-corrected chi connectivity index (χ0v) is 12.4. The van der Waals surface area contributed by atoms with E-state index in [-0.39, 0.29) is 11.3 Å². The molecule has 4 heteroatoms. The molecular weight excluding hydrogens is 268 g/mol. The molecule has 1 saturated carbocycles. The molecule has 3 nitrogen and oxygen atoms in total. The normalized spacial score (nSPS) is 15.8. The summed E-state index contributed by atoms with van der Waals surface area (Å²) in [5, 5.41) is 6.20. The molecule has 104 valence electrons. The maximum absolute atomic E-state index is 12.4. The van der Waals surface area contributed by atoms with E-state index in [1.807, 2.05) is 30.5 Å². The Balaban J connectivity index is 1.57. The highest BCUT2D eigenvalue weighted by molar-refractivity contribution is 7.09. The van der Waals surface area contributed by atoms with Gasteiger partial charge in [-0.1, -0.05) is 30.3 Å². The van der Waals surface area contributed by atoms with Gasteiger partial charge in [-0.05, 0) is 25.3 Å². The van der Waals surface area contributed by atoms with Gasteiger partial charge in [0.15, 0.2) is 0 Å². The standard InChI is InChI=1S/C16H18N2OS/c1-12-11-20-14(18-12)7-10-17-15(19)16(8-9-16)13-5-3-2-4-6-13/h2-6,11H,7-10H2,1H3,(H,17,19). The van der Waals surface area contributed by atoms with Crippen LogP contribution < -0.4 is 5.32 Å². The van der Waals surface area contributed by atoms with Crippen LogP contribution in [0.5, 0.6) is 0 Å². The van der Waals surface area contributed by atoms with Gasteiger partial charge in [0, 0.05) is 24.0 Å². The van der Waals surface area contributed by atoms with E-state index in [9.17, 15) is 4.79 Å². The van der Waals surface area contributed by atoms with E-state index in [1.165, 1.54) is 0 Å². The van der Waals surface area contributed by atoms with Crippen LogP contribution in [0.3, 0.4) is 0 Å². The number of nitrogens with one attached hydrogen (secondary N) is 1. The van der Waals surface area contributed by atoms with Crippen molar-refractivity contribution in [3.8, 4) is 0 Å². The quantitative estimate of drug-likeness (QED) is 0.918. The molecule has 1 amide bonds. The van der Waals surface area contributed by atoms with Crippen LogP contribution in [0.2, 0.25) is 0 Å². The third-order valence-corrected chi connectivity index (χ3v) is 4.83. The number of hydrogen-bond donors (Lipinski definition) is 1. The average Bonchev–Trinajstić information content (AvgIpc) is 3.18. The van der Waals surface area contributed by atoms with E-state index < -0.39 is 0 Å². The summed E-state index contributed by atoms with van der Waals surface area (Å²) in [5.41, 5.74) is 1.93. The van der Waals surface area contributed by atoms with Gasteiger partial charge in [-0.3, -0.25) is 4.79 Å². The molecule has 1 N–H and O–H groups in total. The fourth-order valence-electron chi connectivity index (χ4n) is 2.50. The summed E-state index contributed by atoms with van der Waals surface area (Å²) < 4.78 is 0. The van der Waals surface area contributed by atoms with E-state index in [1.54, 1.807) is 11.3 Å². The predicted octanol–water partition coefficient (Wildman–Crippen LogP) is 2.84. The highest BCUT2D eigenvalue weighted by Crippen LogP contribution is 2.48. The molecule has 0 atom stereocenters. The highest BCUT2D eigenvalue weighted by Gasteiger charge is 2.50. The third kappa shape index (κ3) is 2.61. The number of hydrogen-bond acceptors (Lipinski definition) is 3. The van der Waals surface area contributed by atoms with Gasteiger partial charge in [0.25, 0.3) is 0 Å². The van der Waals surface area contributed by atoms with E-state index >= 15 is 0 Å². The average molecular weight is 286 g/mol. The molecule has 1 aliphatic carbocycles. The smallest absolute Gasteiger partial charge is 0.230 e. The van der Waals surface area contributed by atoms with Crippen molar-refractivity contribution in [3.05, 3.63) is 52.0 Å². The van der Waals surface area contributed by atoms with Crippen molar-refractivity contribution < 1.29 is 4.79 Å². The topological polar surface area (TPSA) is 42.0 Å². The summed E-state index contributed by atoms with van der Waals surface area (Å²) in [6, 6.07) is 10.1. The number of nitrogens with zero attached hydrogens (tertiary/aromatic N) is 1. The van der Waals surface area contributed by atoms with Crippen molar-refractivity contribution in [1.29, 1.82) is 0 Å². The number of carbonyl (C=O) groups excluding carboxylic acids is 1. The van der Waals surface area contributed by atoms with Crippen molar-refractivity contribution >= 4 is 17.2 Å². The maximum Gasteiger partial charge on any atom is 0.230 e. The molecule has 1 aromatic heterocycles. The van der Waals surface area contributed by atoms with E-state index in [2.05, 4.69) is 22.4 Å². The van der Waals surface area contributed by atoms with Crippen LogP contribution in [-0.4, -0.2) is 17.4 Å². The number of rotatable bonds is 5. The van der Waals surface area contributed by atoms with Gasteiger partial charge in [0.05, 0.1) is 10.4 Å². The van der Waals surface area contributed by atoms with Crippen molar-refractivity contribution in [2.45, 2.75) is 31.6 Å². The summed E-state index contributed by atoms with van der Waals surface area (Å²) in [6.07, 6.45) is 2.73. The largest absolute Gasteiger partial charge is 0.355 e. The second-order valence-electron chi connectivity index (χ2n) is 5.34. The van der Waals surface area contributed by atoms with Crippen LogP contribution in [0.1, 0.15) is 29.1 Å². The van der Waals surface area contributed by atoms with Crippen molar-refractivity contribution in [2.24, 2.45) is 0 Å². The van der Waals surface area contributed by atoms with E-state index in [0.717, 1.165) is 35.5 Å². The minimum absolute atomic E-state index is 0.164. The lowest BCUT2D eigenvalue weighted by molar-refractivity contribution is -0.123. The number of thiazole rings is 1. The Hall–Kier alpha value is -1.68. The summed E-state index contributed by atoms with van der Waals surface area (Å²) in [6.45, 7) is 2.66. The molecule has 1 fully saturated rings. The molecule has 1 heterocycles. The Labute approximate surface area is 123 Å². The molecule has 1 aromatic carbocycles. The lowest BCUT2D eigenvalue weighted by atomic mass is 9.95. The summed E-state index contributed by atoms with van der Waals surface area (Å²) in [4.78, 5) is 16.8.